The van der Waals surface area contributed by atoms with Crippen LogP contribution in [0.1, 0.15) is 13.3 Å². The van der Waals surface area contributed by atoms with Crippen molar-refractivity contribution in [2.45, 2.75) is 19.4 Å². The third-order valence-corrected chi connectivity index (χ3v) is 3.31. The highest BCUT2D eigenvalue weighted by Crippen LogP contribution is 2.12. The molecule has 1 rings (SSSR count). The fourth-order valence-corrected chi connectivity index (χ4v) is 1.89. The van der Waals surface area contributed by atoms with E-state index < -0.39 is 0 Å². The Kier molecular flexibility index (Phi) is 6.48. The average Bonchev–Trinajstić information content (AvgIpc) is 2.37. The Bertz CT molecular complexity index is 434. The number of hydrogen-bond donors (Lipinski definition) is 2. The summed E-state index contributed by atoms with van der Waals surface area (Å²) in [5.41, 5.74) is 7.09. The lowest BCUT2D eigenvalue weighted by atomic mass is 10.2. The number of amides is 1. The molecule has 20 heavy (non-hydrogen) atoms. The second-order valence-electron chi connectivity index (χ2n) is 5.43. The Morgan fingerprint density at radius 3 is 2.60 bits per heavy atom. The van der Waals surface area contributed by atoms with Gasteiger partial charge in [0.1, 0.15) is 0 Å². The zero-order valence-corrected chi connectivity index (χ0v) is 12.9. The zero-order valence-electron chi connectivity index (χ0n) is 12.9. The van der Waals surface area contributed by atoms with E-state index in [2.05, 4.69) is 29.2 Å². The molecule has 1 atom stereocenters. The summed E-state index contributed by atoms with van der Waals surface area (Å²) < 4.78 is 0. The molecule has 1 unspecified atom stereocenters. The van der Waals surface area contributed by atoms with Crippen molar-refractivity contribution in [1.82, 2.24) is 9.80 Å². The summed E-state index contributed by atoms with van der Waals surface area (Å²) in [6, 6.07) is 7.06. The highest BCUT2D eigenvalue weighted by Gasteiger charge is 2.17. The number of rotatable bonds is 7. The van der Waals surface area contributed by atoms with Crippen molar-refractivity contribution in [3.63, 3.8) is 0 Å². The fraction of sp³-hybridized carbons (Fsp3) is 0.533. The fourth-order valence-electron chi connectivity index (χ4n) is 1.89. The van der Waals surface area contributed by atoms with Gasteiger partial charge in [0.2, 0.25) is 5.91 Å². The first-order chi connectivity index (χ1) is 9.40. The molecular formula is C15H26N4O. The summed E-state index contributed by atoms with van der Waals surface area (Å²) in [6.07, 6.45) is 1.04. The standard InChI is InChI=1S/C15H26N4O/c1-12(19(4)10-6-9-18(2)3)15(20)17-14-8-5-7-13(16)11-14/h5,7-8,11-12H,6,9-10,16H2,1-4H3,(H,17,20). The van der Waals surface area contributed by atoms with E-state index in [-0.39, 0.29) is 11.9 Å². The molecule has 0 heterocycles. The minimum atomic E-state index is -0.168. The average molecular weight is 278 g/mol. The van der Waals surface area contributed by atoms with E-state index in [0.29, 0.717) is 5.69 Å². The van der Waals surface area contributed by atoms with Crippen LogP contribution >= 0.6 is 0 Å². The quantitative estimate of drug-likeness (QED) is 0.742. The van der Waals surface area contributed by atoms with Crippen LogP contribution in [0.5, 0.6) is 0 Å². The molecule has 1 aromatic rings. The Labute approximate surface area is 121 Å². The van der Waals surface area contributed by atoms with E-state index >= 15 is 0 Å². The number of nitrogen functional groups attached to an aromatic ring is 1. The lowest BCUT2D eigenvalue weighted by molar-refractivity contribution is -0.120. The van der Waals surface area contributed by atoms with Crippen molar-refractivity contribution in [3.8, 4) is 0 Å². The van der Waals surface area contributed by atoms with Crippen LogP contribution in [-0.4, -0.2) is 56.0 Å². The number of nitrogens with one attached hydrogen (secondary N) is 1. The summed E-state index contributed by atoms with van der Waals surface area (Å²) in [6.45, 7) is 3.83. The third kappa shape index (κ3) is 5.59. The summed E-state index contributed by atoms with van der Waals surface area (Å²) >= 11 is 0. The number of benzene rings is 1. The van der Waals surface area contributed by atoms with Gasteiger partial charge in [-0.3, -0.25) is 9.69 Å². The maximum Gasteiger partial charge on any atom is 0.241 e. The molecular weight excluding hydrogens is 252 g/mol. The monoisotopic (exact) mass is 278 g/mol. The highest BCUT2D eigenvalue weighted by molar-refractivity contribution is 5.94. The number of anilines is 2. The normalized spacial score (nSPS) is 12.7. The van der Waals surface area contributed by atoms with Crippen molar-refractivity contribution in [3.05, 3.63) is 24.3 Å². The number of likely N-dealkylation sites (N-methyl/N-ethyl adjacent to an activating group) is 1. The van der Waals surface area contributed by atoms with E-state index in [0.717, 1.165) is 25.2 Å². The van der Waals surface area contributed by atoms with Gasteiger partial charge in [-0.1, -0.05) is 6.07 Å². The Morgan fingerprint density at radius 1 is 1.30 bits per heavy atom. The van der Waals surface area contributed by atoms with Gasteiger partial charge in [0, 0.05) is 11.4 Å². The van der Waals surface area contributed by atoms with Crippen LogP contribution in [0.15, 0.2) is 24.3 Å². The number of nitrogens with two attached hydrogens (primary N) is 1. The van der Waals surface area contributed by atoms with Gasteiger partial charge in [0.25, 0.3) is 0 Å². The SMILES string of the molecule is CC(C(=O)Nc1cccc(N)c1)N(C)CCCN(C)C. The Morgan fingerprint density at radius 2 is 2.00 bits per heavy atom. The van der Waals surface area contributed by atoms with Gasteiger partial charge in [-0.15, -0.1) is 0 Å². The molecule has 1 amide bonds. The molecule has 0 aliphatic heterocycles. The lowest BCUT2D eigenvalue weighted by Crippen LogP contribution is -2.40. The van der Waals surface area contributed by atoms with Gasteiger partial charge >= 0.3 is 0 Å². The van der Waals surface area contributed by atoms with E-state index in [1.165, 1.54) is 0 Å². The van der Waals surface area contributed by atoms with Crippen LogP contribution in [0, 0.1) is 0 Å². The summed E-state index contributed by atoms with van der Waals surface area (Å²) in [4.78, 5) is 16.4. The first-order valence-corrected chi connectivity index (χ1v) is 6.91. The molecule has 1 aromatic carbocycles. The number of nitrogens with zero attached hydrogens (tertiary/aromatic N) is 2. The molecule has 0 aromatic heterocycles. The van der Waals surface area contributed by atoms with Crippen LogP contribution in [0.2, 0.25) is 0 Å². The summed E-state index contributed by atoms with van der Waals surface area (Å²) in [7, 11) is 6.07. The molecule has 112 valence electrons. The number of hydrogen-bond acceptors (Lipinski definition) is 4. The lowest BCUT2D eigenvalue weighted by Gasteiger charge is -2.24. The van der Waals surface area contributed by atoms with E-state index in [4.69, 9.17) is 5.73 Å². The first-order valence-electron chi connectivity index (χ1n) is 6.91. The van der Waals surface area contributed by atoms with Crippen molar-refractivity contribution in [2.75, 3.05) is 45.3 Å². The van der Waals surface area contributed by atoms with Crippen molar-refractivity contribution in [2.24, 2.45) is 0 Å². The molecule has 0 bridgehead atoms. The first kappa shape index (κ1) is 16.5. The summed E-state index contributed by atoms with van der Waals surface area (Å²) in [5, 5.41) is 2.89. The summed E-state index contributed by atoms with van der Waals surface area (Å²) in [5.74, 6) is -0.0112. The Balaban J connectivity index is 2.45. The topological polar surface area (TPSA) is 61.6 Å². The third-order valence-electron chi connectivity index (χ3n) is 3.31. The second-order valence-corrected chi connectivity index (χ2v) is 5.43. The van der Waals surface area contributed by atoms with Gasteiger partial charge in [-0.25, -0.2) is 0 Å². The smallest absolute Gasteiger partial charge is 0.241 e. The van der Waals surface area contributed by atoms with E-state index in [1.807, 2.05) is 26.1 Å². The number of carbonyl (C=O) groups excluding carboxylic acids is 1. The van der Waals surface area contributed by atoms with Crippen molar-refractivity contribution >= 4 is 17.3 Å². The second kappa shape index (κ2) is 7.87. The van der Waals surface area contributed by atoms with Gasteiger partial charge in [-0.05, 0) is 65.8 Å². The molecule has 5 heteroatoms. The maximum atomic E-state index is 12.2. The highest BCUT2D eigenvalue weighted by atomic mass is 16.2. The van der Waals surface area contributed by atoms with Crippen LogP contribution < -0.4 is 11.1 Å². The molecule has 3 N–H and O–H groups in total. The van der Waals surface area contributed by atoms with E-state index in [1.54, 1.807) is 12.1 Å². The van der Waals surface area contributed by atoms with Crippen LogP contribution in [0.3, 0.4) is 0 Å². The molecule has 0 fully saturated rings. The minimum absolute atomic E-state index is 0.0112. The number of carbonyl (C=O) groups is 1. The zero-order chi connectivity index (χ0) is 15.1. The molecule has 0 spiro atoms. The maximum absolute atomic E-state index is 12.2. The van der Waals surface area contributed by atoms with Crippen LogP contribution in [0.25, 0.3) is 0 Å². The van der Waals surface area contributed by atoms with Crippen LogP contribution in [-0.2, 0) is 4.79 Å². The largest absolute Gasteiger partial charge is 0.399 e. The van der Waals surface area contributed by atoms with Gasteiger partial charge in [0.05, 0.1) is 6.04 Å². The molecule has 0 saturated heterocycles. The molecule has 0 radical (unpaired) electrons. The molecule has 5 nitrogen and oxygen atoms in total. The predicted octanol–water partition coefficient (Wildman–Crippen LogP) is 1.48. The van der Waals surface area contributed by atoms with Crippen molar-refractivity contribution in [1.29, 1.82) is 0 Å². The minimum Gasteiger partial charge on any atom is -0.399 e. The Hall–Kier alpha value is -1.59. The molecule has 0 aliphatic rings. The van der Waals surface area contributed by atoms with Crippen LogP contribution in [0.4, 0.5) is 11.4 Å². The molecule has 0 aliphatic carbocycles. The predicted molar refractivity (Wildman–Crippen MR) is 84.7 cm³/mol. The van der Waals surface area contributed by atoms with E-state index in [9.17, 15) is 4.79 Å². The molecule has 0 saturated carbocycles. The van der Waals surface area contributed by atoms with Gasteiger partial charge in [-0.2, -0.15) is 0 Å². The van der Waals surface area contributed by atoms with Gasteiger partial charge in [0.15, 0.2) is 0 Å². The van der Waals surface area contributed by atoms with Gasteiger partial charge < -0.3 is 16.0 Å². The van der Waals surface area contributed by atoms with Crippen molar-refractivity contribution < 1.29 is 4.79 Å².